The summed E-state index contributed by atoms with van der Waals surface area (Å²) in [5.41, 5.74) is 0. The number of nitrogens with zero attached hydrogens (tertiary/aromatic N) is 1. The Bertz CT molecular complexity index is 1650. The molecule has 0 aromatic rings. The number of hydrogen-bond acceptors (Lipinski definition) is 8. The molecule has 0 aliphatic heterocycles. The third-order valence-electron chi connectivity index (χ3n) is 17.3. The van der Waals surface area contributed by atoms with Gasteiger partial charge in [0.05, 0.1) is 40.3 Å². The molecule has 89 heavy (non-hydrogen) atoms. The number of quaternary nitrogens is 1. The number of aliphatic carboxylic acids is 1. The maximum atomic E-state index is 12.9. The maximum absolute atomic E-state index is 12.9. The highest BCUT2D eigenvalue weighted by atomic mass is 16.7. The minimum Gasteiger partial charge on any atom is -0.545 e. The van der Waals surface area contributed by atoms with Crippen molar-refractivity contribution in [3.05, 3.63) is 60.8 Å². The van der Waals surface area contributed by atoms with Crippen molar-refractivity contribution in [2.24, 2.45) is 0 Å². The van der Waals surface area contributed by atoms with Crippen LogP contribution >= 0.6 is 0 Å². The van der Waals surface area contributed by atoms with Crippen molar-refractivity contribution < 1.29 is 42.9 Å². The van der Waals surface area contributed by atoms with Crippen LogP contribution in [0.1, 0.15) is 373 Å². The zero-order valence-electron chi connectivity index (χ0n) is 59.6. The summed E-state index contributed by atoms with van der Waals surface area (Å²) in [4.78, 5) is 37.5. The second kappa shape index (κ2) is 70.9. The second-order valence-electron chi connectivity index (χ2n) is 27.3. The monoisotopic (exact) mass is 1250 g/mol. The van der Waals surface area contributed by atoms with E-state index in [1.165, 1.54) is 263 Å². The summed E-state index contributed by atoms with van der Waals surface area (Å²) in [6.45, 7) is 4.69. The van der Waals surface area contributed by atoms with Crippen LogP contribution in [0.25, 0.3) is 0 Å². The molecule has 2 atom stereocenters. The standard InChI is InChI=1S/C80H147NO8/c1-6-8-10-12-14-16-18-20-22-24-26-28-30-32-34-35-36-37-38-39-40-41-42-43-45-46-48-50-52-54-56-58-60-62-64-66-68-70-77(82)87-74-76(75-88-80(79(84)85)86-73-72-81(3,4)5)89-78(83)71-69-67-65-63-61-59-57-55-53-51-49-47-44-33-31-29-27-25-23-21-19-17-15-13-11-9-7-2/h9,11,15,17,21,23,27,29,33,44,76,80H,6-8,10,12-14,16,18-20,22,24-26,28,30-32,34-43,45-75H2,1-5H3/b11-9-,17-15-,23-21-,29-27-,44-33-. The quantitative estimate of drug-likeness (QED) is 0.0195. The Morgan fingerprint density at radius 3 is 0.955 bits per heavy atom. The van der Waals surface area contributed by atoms with E-state index in [1.54, 1.807) is 0 Å². The molecule has 9 nitrogen and oxygen atoms in total. The third kappa shape index (κ3) is 72.3. The number of allylic oxidation sites excluding steroid dienone is 10. The molecule has 0 amide bonds. The minimum atomic E-state index is -1.62. The summed E-state index contributed by atoms with van der Waals surface area (Å²) in [5, 5.41) is 11.8. The molecule has 0 rings (SSSR count). The van der Waals surface area contributed by atoms with Crippen LogP contribution in [0, 0.1) is 0 Å². The number of unbranched alkanes of at least 4 members (excludes halogenated alkanes) is 47. The van der Waals surface area contributed by atoms with E-state index in [0.29, 0.717) is 23.9 Å². The van der Waals surface area contributed by atoms with Crippen LogP contribution in [0.2, 0.25) is 0 Å². The van der Waals surface area contributed by atoms with Gasteiger partial charge in [0.1, 0.15) is 13.2 Å². The predicted molar refractivity (Wildman–Crippen MR) is 380 cm³/mol. The predicted octanol–water partition coefficient (Wildman–Crippen LogP) is 22.9. The maximum Gasteiger partial charge on any atom is 0.306 e. The van der Waals surface area contributed by atoms with E-state index in [4.69, 9.17) is 18.9 Å². The highest BCUT2D eigenvalue weighted by Gasteiger charge is 2.22. The Hall–Kier alpha value is -3.01. The Morgan fingerprint density at radius 2 is 0.640 bits per heavy atom. The normalized spacial score (nSPS) is 13.0. The molecule has 0 spiro atoms. The van der Waals surface area contributed by atoms with Crippen LogP contribution < -0.4 is 5.11 Å². The molecule has 0 saturated carbocycles. The lowest BCUT2D eigenvalue weighted by atomic mass is 10.0. The molecule has 2 unspecified atom stereocenters. The first-order valence-corrected chi connectivity index (χ1v) is 38.4. The molecular formula is C80H147NO8. The van der Waals surface area contributed by atoms with Gasteiger partial charge in [-0.15, -0.1) is 0 Å². The summed E-state index contributed by atoms with van der Waals surface area (Å²) < 4.78 is 22.8. The van der Waals surface area contributed by atoms with E-state index in [9.17, 15) is 19.5 Å². The Kier molecular flexibility index (Phi) is 68.5. The van der Waals surface area contributed by atoms with Crippen molar-refractivity contribution in [3.8, 4) is 0 Å². The largest absolute Gasteiger partial charge is 0.545 e. The molecule has 0 bridgehead atoms. The van der Waals surface area contributed by atoms with Gasteiger partial charge in [-0.2, -0.15) is 0 Å². The van der Waals surface area contributed by atoms with E-state index in [2.05, 4.69) is 74.6 Å². The smallest absolute Gasteiger partial charge is 0.306 e. The summed E-state index contributed by atoms with van der Waals surface area (Å²) in [7, 11) is 5.94. The molecular weight excluding hydrogens is 1100 g/mol. The first kappa shape index (κ1) is 86.0. The van der Waals surface area contributed by atoms with Gasteiger partial charge in [-0.3, -0.25) is 9.59 Å². The fourth-order valence-electron chi connectivity index (χ4n) is 11.5. The molecule has 0 aliphatic carbocycles. The lowest BCUT2D eigenvalue weighted by molar-refractivity contribution is -0.870. The van der Waals surface area contributed by atoms with Crippen LogP contribution in [-0.4, -0.2) is 82.3 Å². The molecule has 0 fully saturated rings. The summed E-state index contributed by atoms with van der Waals surface area (Å²) in [6, 6.07) is 0. The lowest BCUT2D eigenvalue weighted by Crippen LogP contribution is -2.44. The molecule has 0 heterocycles. The topological polar surface area (TPSA) is 111 Å². The van der Waals surface area contributed by atoms with Gasteiger partial charge in [-0.1, -0.05) is 364 Å². The van der Waals surface area contributed by atoms with Gasteiger partial charge in [0, 0.05) is 12.8 Å². The number of carboxylic acids is 1. The van der Waals surface area contributed by atoms with Crippen molar-refractivity contribution in [2.45, 2.75) is 386 Å². The van der Waals surface area contributed by atoms with Crippen LogP contribution in [0.4, 0.5) is 0 Å². The molecule has 0 saturated heterocycles. The molecule has 0 radical (unpaired) electrons. The number of carbonyl (C=O) groups excluding carboxylic acids is 3. The minimum absolute atomic E-state index is 0.147. The number of carbonyl (C=O) groups is 3. The summed E-state index contributed by atoms with van der Waals surface area (Å²) in [6.07, 6.45) is 90.6. The number of rotatable bonds is 72. The molecule has 0 aliphatic rings. The van der Waals surface area contributed by atoms with Crippen molar-refractivity contribution in [1.82, 2.24) is 0 Å². The lowest BCUT2D eigenvalue weighted by Gasteiger charge is -2.26. The average molecular weight is 1250 g/mol. The van der Waals surface area contributed by atoms with Crippen molar-refractivity contribution >= 4 is 17.9 Å². The highest BCUT2D eigenvalue weighted by molar-refractivity contribution is 5.70. The molecule has 0 aromatic carbocycles. The highest BCUT2D eigenvalue weighted by Crippen LogP contribution is 2.19. The van der Waals surface area contributed by atoms with Gasteiger partial charge in [0.25, 0.3) is 0 Å². The fourth-order valence-corrected chi connectivity index (χ4v) is 11.5. The van der Waals surface area contributed by atoms with Crippen molar-refractivity contribution in [2.75, 3.05) is 47.5 Å². The molecule has 0 aromatic heterocycles. The van der Waals surface area contributed by atoms with E-state index in [0.717, 1.165) is 77.0 Å². The van der Waals surface area contributed by atoms with Crippen LogP contribution in [0.3, 0.4) is 0 Å². The van der Waals surface area contributed by atoms with Crippen LogP contribution in [-0.2, 0) is 33.3 Å². The zero-order chi connectivity index (χ0) is 64.7. The second-order valence-corrected chi connectivity index (χ2v) is 27.3. The van der Waals surface area contributed by atoms with Gasteiger partial charge in [0.15, 0.2) is 12.4 Å². The first-order chi connectivity index (χ1) is 43.6. The number of ether oxygens (including phenoxy) is 4. The van der Waals surface area contributed by atoms with Crippen LogP contribution in [0.15, 0.2) is 60.8 Å². The Balaban J connectivity index is 3.99. The molecule has 520 valence electrons. The molecule has 9 heteroatoms. The Morgan fingerprint density at radius 1 is 0.348 bits per heavy atom. The Labute approximate surface area is 552 Å². The van der Waals surface area contributed by atoms with Gasteiger partial charge in [-0.25, -0.2) is 0 Å². The molecule has 0 N–H and O–H groups in total. The number of carboxylic acid groups (broad SMARTS) is 1. The third-order valence-corrected chi connectivity index (χ3v) is 17.3. The van der Waals surface area contributed by atoms with Crippen molar-refractivity contribution in [1.29, 1.82) is 0 Å². The van der Waals surface area contributed by atoms with E-state index in [1.807, 2.05) is 21.1 Å². The summed E-state index contributed by atoms with van der Waals surface area (Å²) in [5.74, 6) is -2.27. The number of hydrogen-bond donors (Lipinski definition) is 0. The van der Waals surface area contributed by atoms with Gasteiger partial charge in [0.2, 0.25) is 0 Å². The SMILES string of the molecule is CC/C=C\C/C=C\C/C=C\C/C=C\C/C=C\CCCCCCCCCCCCCC(=O)OC(COC(=O)CCCCCCCCCCCCCCCCCCCCCCCCCCCCCCCCCCCCCCC)COC(OCC[N+](C)(C)C)C(=O)[O-]. The first-order valence-electron chi connectivity index (χ1n) is 38.4. The number of likely N-dealkylation sites (N-methyl/N-ethyl adjacent to an activating group) is 1. The summed E-state index contributed by atoms with van der Waals surface area (Å²) >= 11 is 0. The van der Waals surface area contributed by atoms with E-state index >= 15 is 0 Å². The van der Waals surface area contributed by atoms with Gasteiger partial charge in [-0.05, 0) is 57.8 Å². The van der Waals surface area contributed by atoms with Crippen LogP contribution in [0.5, 0.6) is 0 Å². The van der Waals surface area contributed by atoms with E-state index < -0.39 is 24.3 Å². The van der Waals surface area contributed by atoms with Gasteiger partial charge < -0.3 is 33.3 Å². The average Bonchev–Trinajstić information content (AvgIpc) is 3.64. The van der Waals surface area contributed by atoms with Gasteiger partial charge >= 0.3 is 11.9 Å². The van der Waals surface area contributed by atoms with E-state index in [-0.39, 0.29) is 32.2 Å². The number of esters is 2. The van der Waals surface area contributed by atoms with Crippen molar-refractivity contribution in [3.63, 3.8) is 0 Å². The zero-order valence-corrected chi connectivity index (χ0v) is 59.6. The fraction of sp³-hybridized carbons (Fsp3) is 0.838.